The maximum atomic E-state index is 11.9. The minimum absolute atomic E-state index is 0.0227. The highest BCUT2D eigenvalue weighted by Gasteiger charge is 2.30. The fourth-order valence-corrected chi connectivity index (χ4v) is 2.30. The van der Waals surface area contributed by atoms with E-state index in [1.165, 1.54) is 0 Å². The van der Waals surface area contributed by atoms with Crippen LogP contribution in [0, 0.1) is 25.2 Å². The van der Waals surface area contributed by atoms with Gasteiger partial charge in [-0.1, -0.05) is 0 Å². The molecule has 1 aliphatic rings. The lowest BCUT2D eigenvalue weighted by molar-refractivity contribution is -0.117. The Balaban J connectivity index is 2.30. The van der Waals surface area contributed by atoms with E-state index in [9.17, 15) is 9.59 Å². The van der Waals surface area contributed by atoms with Gasteiger partial charge in [0, 0.05) is 37.2 Å². The summed E-state index contributed by atoms with van der Waals surface area (Å²) in [7, 11) is 1.59. The second-order valence-corrected chi connectivity index (χ2v) is 4.65. The molecule has 1 N–H and O–H groups in total. The van der Waals surface area contributed by atoms with Gasteiger partial charge in [0.15, 0.2) is 0 Å². The molecule has 0 aromatic heterocycles. The first kappa shape index (κ1) is 13.2. The SMILES string of the molecule is C#CC1CC(=O)N(c2ccc(C(=O)NC)cc2C)C1. The van der Waals surface area contributed by atoms with Gasteiger partial charge in [-0.2, -0.15) is 0 Å². The number of carbonyl (C=O) groups excluding carboxylic acids is 2. The molecule has 1 heterocycles. The second-order valence-electron chi connectivity index (χ2n) is 4.65. The van der Waals surface area contributed by atoms with E-state index in [0.717, 1.165) is 11.3 Å². The molecule has 1 atom stereocenters. The van der Waals surface area contributed by atoms with Crippen molar-refractivity contribution >= 4 is 17.5 Å². The predicted molar refractivity (Wildman–Crippen MR) is 73.9 cm³/mol. The topological polar surface area (TPSA) is 49.4 Å². The normalized spacial score (nSPS) is 18.3. The lowest BCUT2D eigenvalue weighted by atomic mass is 10.1. The van der Waals surface area contributed by atoms with E-state index in [0.29, 0.717) is 18.5 Å². The number of rotatable bonds is 2. The van der Waals surface area contributed by atoms with Gasteiger partial charge in [-0.25, -0.2) is 0 Å². The van der Waals surface area contributed by atoms with Crippen LogP contribution in [-0.4, -0.2) is 25.4 Å². The molecule has 0 radical (unpaired) electrons. The number of amides is 2. The van der Waals surface area contributed by atoms with Gasteiger partial charge in [-0.3, -0.25) is 9.59 Å². The van der Waals surface area contributed by atoms with Crippen molar-refractivity contribution in [3.63, 3.8) is 0 Å². The summed E-state index contributed by atoms with van der Waals surface area (Å²) in [6.45, 7) is 2.44. The van der Waals surface area contributed by atoms with Crippen LogP contribution in [0.4, 0.5) is 5.69 Å². The average Bonchev–Trinajstić information content (AvgIpc) is 2.79. The largest absolute Gasteiger partial charge is 0.355 e. The molecule has 0 spiro atoms. The molecule has 1 aromatic rings. The number of benzene rings is 1. The number of aryl methyl sites for hydroxylation is 1. The van der Waals surface area contributed by atoms with Crippen molar-refractivity contribution in [1.29, 1.82) is 0 Å². The third kappa shape index (κ3) is 2.45. The first-order valence-corrected chi connectivity index (χ1v) is 6.16. The van der Waals surface area contributed by atoms with Crippen LogP contribution in [0.3, 0.4) is 0 Å². The van der Waals surface area contributed by atoms with Crippen molar-refractivity contribution < 1.29 is 9.59 Å². The minimum Gasteiger partial charge on any atom is -0.355 e. The Hall–Kier alpha value is -2.28. The van der Waals surface area contributed by atoms with Gasteiger partial charge >= 0.3 is 0 Å². The number of carbonyl (C=O) groups is 2. The first-order valence-electron chi connectivity index (χ1n) is 6.16. The van der Waals surface area contributed by atoms with Crippen molar-refractivity contribution in [2.75, 3.05) is 18.5 Å². The lowest BCUT2D eigenvalue weighted by Gasteiger charge is -2.19. The maximum Gasteiger partial charge on any atom is 0.251 e. The Labute approximate surface area is 112 Å². The van der Waals surface area contributed by atoms with Crippen molar-refractivity contribution in [2.45, 2.75) is 13.3 Å². The fourth-order valence-electron chi connectivity index (χ4n) is 2.30. The summed E-state index contributed by atoms with van der Waals surface area (Å²) in [5.41, 5.74) is 2.31. The number of nitrogens with one attached hydrogen (secondary N) is 1. The molecule has 2 rings (SSSR count). The first-order chi connectivity index (χ1) is 9.06. The number of anilines is 1. The summed E-state index contributed by atoms with van der Waals surface area (Å²) in [5.74, 6) is 2.51. The summed E-state index contributed by atoms with van der Waals surface area (Å²) >= 11 is 0. The third-order valence-electron chi connectivity index (χ3n) is 3.34. The number of terminal acetylenes is 1. The van der Waals surface area contributed by atoms with Gasteiger partial charge in [-0.05, 0) is 30.7 Å². The third-order valence-corrected chi connectivity index (χ3v) is 3.34. The molecule has 0 saturated carbocycles. The van der Waals surface area contributed by atoms with Gasteiger partial charge in [-0.15, -0.1) is 12.3 Å². The minimum atomic E-state index is -0.135. The number of nitrogens with zero attached hydrogens (tertiary/aromatic N) is 1. The molecular weight excluding hydrogens is 240 g/mol. The number of hydrogen-bond acceptors (Lipinski definition) is 2. The van der Waals surface area contributed by atoms with Gasteiger partial charge in [0.1, 0.15) is 0 Å². The van der Waals surface area contributed by atoms with E-state index in [2.05, 4.69) is 11.2 Å². The molecule has 1 aromatic carbocycles. The highest BCUT2D eigenvalue weighted by Crippen LogP contribution is 2.28. The molecular formula is C15H16N2O2. The molecule has 1 unspecified atom stereocenters. The summed E-state index contributed by atoms with van der Waals surface area (Å²) in [5, 5.41) is 2.58. The summed E-state index contributed by atoms with van der Waals surface area (Å²) in [6, 6.07) is 5.30. The molecule has 0 bridgehead atoms. The molecule has 19 heavy (non-hydrogen) atoms. The highest BCUT2D eigenvalue weighted by molar-refractivity contribution is 5.98. The van der Waals surface area contributed by atoms with E-state index in [1.807, 2.05) is 6.92 Å². The molecule has 1 saturated heterocycles. The van der Waals surface area contributed by atoms with Gasteiger partial charge in [0.05, 0.1) is 0 Å². The smallest absolute Gasteiger partial charge is 0.251 e. The highest BCUT2D eigenvalue weighted by atomic mass is 16.2. The molecule has 4 heteroatoms. The van der Waals surface area contributed by atoms with Crippen LogP contribution in [0.1, 0.15) is 22.3 Å². The van der Waals surface area contributed by atoms with Crippen molar-refractivity contribution in [3.8, 4) is 12.3 Å². The monoisotopic (exact) mass is 256 g/mol. The average molecular weight is 256 g/mol. The molecule has 1 fully saturated rings. The Morgan fingerprint density at radius 1 is 1.53 bits per heavy atom. The molecule has 2 amide bonds. The Morgan fingerprint density at radius 2 is 2.26 bits per heavy atom. The standard InChI is InChI=1S/C15H16N2O2/c1-4-11-8-14(18)17(9-11)13-6-5-12(7-10(13)2)15(19)16-3/h1,5-7,11H,8-9H2,2-3H3,(H,16,19). The molecule has 98 valence electrons. The van der Waals surface area contributed by atoms with Gasteiger partial charge in [0.2, 0.25) is 5.91 Å². The Bertz CT molecular complexity index is 572. The van der Waals surface area contributed by atoms with E-state index in [4.69, 9.17) is 6.42 Å². The van der Waals surface area contributed by atoms with Crippen LogP contribution in [0.5, 0.6) is 0 Å². The quantitative estimate of drug-likeness (QED) is 0.812. The lowest BCUT2D eigenvalue weighted by Crippen LogP contribution is -2.25. The Morgan fingerprint density at radius 3 is 2.79 bits per heavy atom. The van der Waals surface area contributed by atoms with Gasteiger partial charge in [0.25, 0.3) is 5.91 Å². The van der Waals surface area contributed by atoms with Crippen molar-refractivity contribution in [1.82, 2.24) is 5.32 Å². The molecule has 0 aliphatic carbocycles. The van der Waals surface area contributed by atoms with Crippen molar-refractivity contribution in [2.24, 2.45) is 5.92 Å². The fraction of sp³-hybridized carbons (Fsp3) is 0.333. The summed E-state index contributed by atoms with van der Waals surface area (Å²) in [4.78, 5) is 25.2. The second kappa shape index (κ2) is 5.15. The molecule has 1 aliphatic heterocycles. The molecule has 4 nitrogen and oxygen atoms in total. The summed E-state index contributed by atoms with van der Waals surface area (Å²) < 4.78 is 0. The zero-order valence-corrected chi connectivity index (χ0v) is 11.1. The van der Waals surface area contributed by atoms with Crippen LogP contribution >= 0.6 is 0 Å². The predicted octanol–water partition coefficient (Wildman–Crippen LogP) is 1.34. The van der Waals surface area contributed by atoms with E-state index in [-0.39, 0.29) is 17.7 Å². The van der Waals surface area contributed by atoms with E-state index >= 15 is 0 Å². The van der Waals surface area contributed by atoms with Crippen LogP contribution < -0.4 is 10.2 Å². The van der Waals surface area contributed by atoms with E-state index < -0.39 is 0 Å². The van der Waals surface area contributed by atoms with Crippen molar-refractivity contribution in [3.05, 3.63) is 29.3 Å². The van der Waals surface area contributed by atoms with Gasteiger partial charge < -0.3 is 10.2 Å². The van der Waals surface area contributed by atoms with Crippen LogP contribution in [-0.2, 0) is 4.79 Å². The zero-order chi connectivity index (χ0) is 14.0. The Kier molecular flexibility index (Phi) is 3.57. The maximum absolute atomic E-state index is 11.9. The van der Waals surface area contributed by atoms with Crippen LogP contribution in [0.2, 0.25) is 0 Å². The number of hydrogen-bond donors (Lipinski definition) is 1. The van der Waals surface area contributed by atoms with Crippen LogP contribution in [0.15, 0.2) is 18.2 Å². The van der Waals surface area contributed by atoms with E-state index in [1.54, 1.807) is 30.1 Å². The summed E-state index contributed by atoms with van der Waals surface area (Å²) in [6.07, 6.45) is 5.77. The zero-order valence-electron chi connectivity index (χ0n) is 11.1. The van der Waals surface area contributed by atoms with Crippen LogP contribution in [0.25, 0.3) is 0 Å².